The Kier molecular flexibility index (Phi) is 6.19. The first-order valence-corrected chi connectivity index (χ1v) is 11.1. The molecule has 0 unspecified atom stereocenters. The summed E-state index contributed by atoms with van der Waals surface area (Å²) in [6, 6.07) is 9.76. The van der Waals surface area contributed by atoms with Crippen LogP contribution < -0.4 is 15.2 Å². The number of amides is 1. The van der Waals surface area contributed by atoms with E-state index < -0.39 is 10.0 Å². The Morgan fingerprint density at radius 2 is 2.07 bits per heavy atom. The number of carbonyl (C=O) groups excluding carboxylic acids is 1. The number of halogens is 1. The van der Waals surface area contributed by atoms with E-state index in [2.05, 4.69) is 10.3 Å². The topological polar surface area (TPSA) is 111 Å². The van der Waals surface area contributed by atoms with Gasteiger partial charge in [0.1, 0.15) is 5.75 Å². The highest BCUT2D eigenvalue weighted by Gasteiger charge is 2.12. The molecule has 0 spiro atoms. The van der Waals surface area contributed by atoms with E-state index >= 15 is 0 Å². The average molecular weight is 440 g/mol. The Labute approximate surface area is 171 Å². The van der Waals surface area contributed by atoms with Crippen molar-refractivity contribution in [3.05, 3.63) is 47.0 Å². The third-order valence-electron chi connectivity index (χ3n) is 3.88. The Morgan fingerprint density at radius 3 is 2.79 bits per heavy atom. The quantitative estimate of drug-likeness (QED) is 0.545. The van der Waals surface area contributed by atoms with Crippen LogP contribution in [0.25, 0.3) is 10.2 Å². The predicted molar refractivity (Wildman–Crippen MR) is 111 cm³/mol. The van der Waals surface area contributed by atoms with Crippen LogP contribution in [0.4, 0.5) is 5.13 Å². The lowest BCUT2D eigenvalue weighted by Crippen LogP contribution is -2.12. The zero-order valence-electron chi connectivity index (χ0n) is 14.9. The number of hydrogen-bond acceptors (Lipinski definition) is 6. The third kappa shape index (κ3) is 5.20. The SMILES string of the molecule is Cc1cc(Cl)ccc1OCCCC(=O)Nc1nc2ccc(S(N)(=O)=O)cc2s1. The van der Waals surface area contributed by atoms with E-state index in [0.29, 0.717) is 33.4 Å². The number of carbonyl (C=O) groups is 1. The highest BCUT2D eigenvalue weighted by molar-refractivity contribution is 7.89. The van der Waals surface area contributed by atoms with Gasteiger partial charge in [0.05, 0.1) is 21.7 Å². The van der Waals surface area contributed by atoms with Crippen molar-refractivity contribution < 1.29 is 17.9 Å². The first kappa shape index (κ1) is 20.5. The van der Waals surface area contributed by atoms with Gasteiger partial charge in [-0.3, -0.25) is 4.79 Å². The lowest BCUT2D eigenvalue weighted by molar-refractivity contribution is -0.116. The molecule has 0 saturated heterocycles. The summed E-state index contributed by atoms with van der Waals surface area (Å²) in [5, 5.41) is 8.91. The minimum atomic E-state index is -3.78. The summed E-state index contributed by atoms with van der Waals surface area (Å²) in [7, 11) is -3.78. The van der Waals surface area contributed by atoms with Crippen LogP contribution in [0.1, 0.15) is 18.4 Å². The van der Waals surface area contributed by atoms with E-state index in [1.54, 1.807) is 18.2 Å². The molecule has 1 aromatic heterocycles. The van der Waals surface area contributed by atoms with E-state index in [9.17, 15) is 13.2 Å². The van der Waals surface area contributed by atoms with E-state index in [0.717, 1.165) is 11.3 Å². The Balaban J connectivity index is 1.53. The van der Waals surface area contributed by atoms with Gasteiger partial charge in [0.15, 0.2) is 5.13 Å². The second-order valence-corrected chi connectivity index (χ2v) is 9.13. The highest BCUT2D eigenvalue weighted by Crippen LogP contribution is 2.28. The minimum Gasteiger partial charge on any atom is -0.493 e. The lowest BCUT2D eigenvalue weighted by atomic mass is 10.2. The lowest BCUT2D eigenvalue weighted by Gasteiger charge is -2.09. The summed E-state index contributed by atoms with van der Waals surface area (Å²) in [5.74, 6) is 0.545. The van der Waals surface area contributed by atoms with Gasteiger partial charge in [-0.25, -0.2) is 18.5 Å². The van der Waals surface area contributed by atoms with Crippen LogP contribution in [0.5, 0.6) is 5.75 Å². The van der Waals surface area contributed by atoms with Crippen molar-refractivity contribution in [2.45, 2.75) is 24.7 Å². The second-order valence-electron chi connectivity index (χ2n) is 6.10. The molecular weight excluding hydrogens is 422 g/mol. The molecule has 0 fully saturated rings. The number of sulfonamides is 1. The van der Waals surface area contributed by atoms with Crippen LogP contribution in [-0.4, -0.2) is 25.9 Å². The maximum atomic E-state index is 12.1. The molecule has 0 aliphatic heterocycles. The number of benzene rings is 2. The zero-order valence-corrected chi connectivity index (χ0v) is 17.3. The summed E-state index contributed by atoms with van der Waals surface area (Å²) >= 11 is 7.10. The molecule has 0 aliphatic rings. The molecule has 10 heteroatoms. The van der Waals surface area contributed by atoms with Crippen LogP contribution >= 0.6 is 22.9 Å². The first-order chi connectivity index (χ1) is 13.2. The van der Waals surface area contributed by atoms with Crippen molar-refractivity contribution >= 4 is 54.2 Å². The van der Waals surface area contributed by atoms with Crippen LogP contribution in [0, 0.1) is 6.92 Å². The monoisotopic (exact) mass is 439 g/mol. The van der Waals surface area contributed by atoms with Crippen molar-refractivity contribution in [1.82, 2.24) is 4.98 Å². The van der Waals surface area contributed by atoms with Crippen molar-refractivity contribution in [3.8, 4) is 5.75 Å². The zero-order chi connectivity index (χ0) is 20.3. The number of nitrogens with one attached hydrogen (secondary N) is 1. The molecule has 0 radical (unpaired) electrons. The molecule has 7 nitrogen and oxygen atoms in total. The molecule has 2 aromatic carbocycles. The van der Waals surface area contributed by atoms with Crippen LogP contribution in [0.3, 0.4) is 0 Å². The summed E-state index contributed by atoms with van der Waals surface area (Å²) in [4.78, 5) is 16.4. The fourth-order valence-electron chi connectivity index (χ4n) is 2.51. The van der Waals surface area contributed by atoms with E-state index in [4.69, 9.17) is 21.5 Å². The number of hydrogen-bond donors (Lipinski definition) is 2. The van der Waals surface area contributed by atoms with Gasteiger partial charge in [-0.05, 0) is 55.3 Å². The smallest absolute Gasteiger partial charge is 0.238 e. The molecule has 1 amide bonds. The van der Waals surface area contributed by atoms with Crippen LogP contribution in [0.15, 0.2) is 41.3 Å². The number of ether oxygens (including phenoxy) is 1. The van der Waals surface area contributed by atoms with Gasteiger partial charge < -0.3 is 10.1 Å². The molecule has 1 heterocycles. The number of aryl methyl sites for hydroxylation is 1. The molecular formula is C18H18ClN3O4S2. The Bertz CT molecular complexity index is 1130. The molecule has 28 heavy (non-hydrogen) atoms. The fourth-order valence-corrected chi connectivity index (χ4v) is 4.27. The molecule has 3 N–H and O–H groups in total. The summed E-state index contributed by atoms with van der Waals surface area (Å²) in [6.45, 7) is 2.30. The first-order valence-electron chi connectivity index (χ1n) is 8.34. The van der Waals surface area contributed by atoms with Crippen molar-refractivity contribution in [3.63, 3.8) is 0 Å². The molecule has 0 bridgehead atoms. The summed E-state index contributed by atoms with van der Waals surface area (Å²) in [6.07, 6.45) is 0.805. The van der Waals surface area contributed by atoms with E-state index in [1.165, 1.54) is 23.5 Å². The van der Waals surface area contributed by atoms with E-state index in [1.807, 2.05) is 13.0 Å². The number of rotatable bonds is 7. The van der Waals surface area contributed by atoms with Gasteiger partial charge in [-0.2, -0.15) is 0 Å². The largest absolute Gasteiger partial charge is 0.493 e. The van der Waals surface area contributed by atoms with Gasteiger partial charge in [0.25, 0.3) is 0 Å². The molecule has 148 valence electrons. The third-order valence-corrected chi connectivity index (χ3v) is 5.96. The van der Waals surface area contributed by atoms with Crippen molar-refractivity contribution in [2.75, 3.05) is 11.9 Å². The standard InChI is InChI=1S/C18H18ClN3O4S2/c1-11-9-12(19)4-7-15(11)26-8-2-3-17(23)22-18-21-14-6-5-13(28(20,24)25)10-16(14)27-18/h4-7,9-10H,2-3,8H2,1H3,(H2,20,24,25)(H,21,22,23). The molecule has 3 rings (SSSR count). The number of primary sulfonamides is 1. The van der Waals surface area contributed by atoms with Gasteiger partial charge in [0, 0.05) is 11.4 Å². The second kappa shape index (κ2) is 8.44. The highest BCUT2D eigenvalue weighted by atomic mass is 35.5. The van der Waals surface area contributed by atoms with Crippen LogP contribution in [0.2, 0.25) is 5.02 Å². The number of fused-ring (bicyclic) bond motifs is 1. The van der Waals surface area contributed by atoms with Crippen molar-refractivity contribution in [1.29, 1.82) is 0 Å². The Morgan fingerprint density at radius 1 is 1.29 bits per heavy atom. The predicted octanol–water partition coefficient (Wildman–Crippen LogP) is 3.70. The maximum absolute atomic E-state index is 12.1. The number of aromatic nitrogens is 1. The molecule has 0 saturated carbocycles. The van der Waals surface area contributed by atoms with Gasteiger partial charge in [0.2, 0.25) is 15.9 Å². The number of nitrogens with two attached hydrogens (primary N) is 1. The molecule has 0 aliphatic carbocycles. The number of anilines is 1. The number of nitrogens with zero attached hydrogens (tertiary/aromatic N) is 1. The van der Waals surface area contributed by atoms with E-state index in [-0.39, 0.29) is 17.2 Å². The number of thiazole rings is 1. The summed E-state index contributed by atoms with van der Waals surface area (Å²) < 4.78 is 29.1. The Hall–Kier alpha value is -2.20. The van der Waals surface area contributed by atoms with Gasteiger partial charge >= 0.3 is 0 Å². The average Bonchev–Trinajstić information content (AvgIpc) is 3.00. The van der Waals surface area contributed by atoms with Gasteiger partial charge in [-0.15, -0.1) is 0 Å². The summed E-state index contributed by atoms with van der Waals surface area (Å²) in [5.41, 5.74) is 1.53. The normalized spacial score (nSPS) is 11.5. The minimum absolute atomic E-state index is 0.0103. The maximum Gasteiger partial charge on any atom is 0.238 e. The van der Waals surface area contributed by atoms with Crippen molar-refractivity contribution in [2.24, 2.45) is 5.14 Å². The van der Waals surface area contributed by atoms with Gasteiger partial charge in [-0.1, -0.05) is 22.9 Å². The van der Waals surface area contributed by atoms with Crippen LogP contribution in [-0.2, 0) is 14.8 Å². The fraction of sp³-hybridized carbons (Fsp3) is 0.222. The molecule has 3 aromatic rings. The molecule has 0 atom stereocenters.